The summed E-state index contributed by atoms with van der Waals surface area (Å²) in [5.41, 5.74) is -37.2. The highest BCUT2D eigenvalue weighted by molar-refractivity contribution is 5.33. The second kappa shape index (κ2) is 7.95. The highest BCUT2D eigenvalue weighted by atomic mass is 19.5. The topological polar surface area (TPSA) is 0 Å². The quantitative estimate of drug-likeness (QED) is 0.235. The van der Waals surface area contributed by atoms with Crippen LogP contribution in [0.2, 0.25) is 0 Å². The van der Waals surface area contributed by atoms with Crippen LogP contribution in [-0.2, 0) is 0 Å². The predicted octanol–water partition coefficient (Wildman–Crippen LogP) is 9.22. The summed E-state index contributed by atoms with van der Waals surface area (Å²) in [6.07, 6.45) is -82.4. The number of alkyl halides is 24. The summed E-state index contributed by atoms with van der Waals surface area (Å²) in [7, 11) is 0. The van der Waals surface area contributed by atoms with Gasteiger partial charge in [0, 0.05) is 0 Å². The number of hydrogen-bond donors (Lipinski definition) is 0. The summed E-state index contributed by atoms with van der Waals surface area (Å²) in [5, 5.41) is 0. The largest absolute Gasteiger partial charge is 0.405 e. The lowest BCUT2D eigenvalue weighted by molar-refractivity contribution is -0.602. The van der Waals surface area contributed by atoms with Crippen molar-refractivity contribution >= 4 is 0 Å². The van der Waals surface area contributed by atoms with E-state index in [1.54, 1.807) is 0 Å². The third-order valence-electron chi connectivity index (χ3n) is 6.35. The molecule has 0 amide bonds. The molecule has 0 atom stereocenters. The van der Waals surface area contributed by atoms with Crippen molar-refractivity contribution in [3.8, 4) is 0 Å². The minimum absolute atomic E-state index is 4.87. The first-order valence-corrected chi connectivity index (χ1v) is 8.49. The van der Waals surface area contributed by atoms with Gasteiger partial charge in [-0.25, -0.2) is 0 Å². The van der Waals surface area contributed by atoms with Crippen molar-refractivity contribution in [2.75, 3.05) is 0 Å². The zero-order valence-electron chi connectivity index (χ0n) is 16.5. The SMILES string of the molecule is FC(F)(F)C1(C(F)(F)F)CCC(C(F)(F)F)(C(F)(F)F)C(C(F)(F)F)(C(F)(F)F)C1(C(F)(F)F)C(F)(F)F. The minimum atomic E-state index is -9.98. The molecule has 0 radical (unpaired) electrons. The van der Waals surface area contributed by atoms with Crippen LogP contribution in [0.5, 0.6) is 0 Å². The molecule has 0 nitrogen and oxygen atoms in total. The average molecular weight is 628 g/mol. The molecule has 0 saturated heterocycles. The molecule has 0 heterocycles. The van der Waals surface area contributed by atoms with E-state index >= 15 is 0 Å². The first-order valence-electron chi connectivity index (χ1n) is 8.49. The fourth-order valence-electron chi connectivity index (χ4n) is 5.27. The Bertz CT molecular complexity index is 741. The van der Waals surface area contributed by atoms with Crippen LogP contribution in [0.1, 0.15) is 12.8 Å². The van der Waals surface area contributed by atoms with Crippen molar-refractivity contribution in [1.82, 2.24) is 0 Å². The summed E-state index contributed by atoms with van der Waals surface area (Å²) in [6.45, 7) is 0. The number of hydrogen-bond acceptors (Lipinski definition) is 0. The Hall–Kier alpha value is -1.68. The predicted molar refractivity (Wildman–Crippen MR) is 67.4 cm³/mol. The van der Waals surface area contributed by atoms with Crippen LogP contribution in [-0.4, -0.2) is 49.4 Å². The molecule has 1 rings (SSSR count). The fraction of sp³-hybridized carbons (Fsp3) is 1.00. The Balaban J connectivity index is 5.31. The normalized spacial score (nSPS) is 23.4. The Kier molecular flexibility index (Phi) is 7.19. The third kappa shape index (κ3) is 3.50. The van der Waals surface area contributed by atoms with Crippen LogP contribution in [0.25, 0.3) is 0 Å². The van der Waals surface area contributed by atoms with Gasteiger partial charge in [-0.1, -0.05) is 0 Å². The molecule has 38 heavy (non-hydrogen) atoms. The van der Waals surface area contributed by atoms with E-state index in [2.05, 4.69) is 0 Å². The molecule has 1 aliphatic carbocycles. The molecular weight excluding hydrogens is 624 g/mol. The number of halogens is 24. The zero-order chi connectivity index (χ0) is 31.4. The molecule has 1 aliphatic rings. The van der Waals surface area contributed by atoms with Gasteiger partial charge in [-0.15, -0.1) is 0 Å². The van der Waals surface area contributed by atoms with Gasteiger partial charge in [0.05, 0.1) is 0 Å². The minimum Gasteiger partial charge on any atom is -0.170 e. The van der Waals surface area contributed by atoms with Gasteiger partial charge in [-0.2, -0.15) is 105 Å². The second-order valence-corrected chi connectivity index (χ2v) is 7.79. The smallest absolute Gasteiger partial charge is 0.170 e. The molecule has 0 aliphatic heterocycles. The summed E-state index contributed by atoms with van der Waals surface area (Å²) in [4.78, 5) is 0. The molecule has 1 fully saturated rings. The molecule has 0 N–H and O–H groups in total. The van der Waals surface area contributed by atoms with Crippen molar-refractivity contribution in [1.29, 1.82) is 0 Å². The van der Waals surface area contributed by atoms with Crippen LogP contribution in [0, 0.1) is 21.7 Å². The van der Waals surface area contributed by atoms with Gasteiger partial charge in [-0.05, 0) is 12.8 Å². The number of rotatable bonds is 0. The van der Waals surface area contributed by atoms with E-state index in [-0.39, 0.29) is 0 Å². The van der Waals surface area contributed by atoms with Crippen molar-refractivity contribution < 1.29 is 105 Å². The van der Waals surface area contributed by atoms with E-state index in [1.807, 2.05) is 0 Å². The Morgan fingerprint density at radius 3 is 0.447 bits per heavy atom. The van der Waals surface area contributed by atoms with E-state index in [9.17, 15) is 105 Å². The molecule has 24 heteroatoms. The maximum Gasteiger partial charge on any atom is 0.405 e. The van der Waals surface area contributed by atoms with Crippen LogP contribution in [0.15, 0.2) is 0 Å². The third-order valence-corrected chi connectivity index (χ3v) is 6.35. The van der Waals surface area contributed by atoms with Gasteiger partial charge in [0.25, 0.3) is 0 Å². The van der Waals surface area contributed by atoms with Crippen LogP contribution in [0.3, 0.4) is 0 Å². The summed E-state index contributed by atoms with van der Waals surface area (Å²) in [5.74, 6) is 0. The van der Waals surface area contributed by atoms with Crippen molar-refractivity contribution in [3.63, 3.8) is 0 Å². The first-order chi connectivity index (χ1) is 16.0. The lowest BCUT2D eigenvalue weighted by Gasteiger charge is -2.68. The molecule has 0 spiro atoms. The maximum atomic E-state index is 13.9. The second-order valence-electron chi connectivity index (χ2n) is 7.79. The summed E-state index contributed by atoms with van der Waals surface area (Å²) < 4.78 is 330. The van der Waals surface area contributed by atoms with Crippen LogP contribution in [0.4, 0.5) is 105 Å². The van der Waals surface area contributed by atoms with Gasteiger partial charge in [-0.3, -0.25) is 0 Å². The Labute approximate surface area is 190 Å². The standard InChI is InChI=1S/C14H4F24/c15-7(16,17)3(8(18,19)20)1-2-4(9(21,22)23,10(24,25)26)6(13(33,34)35,14(36,37)38)5(3,11(27,28)29)12(30,31)32/h1-2H2. The van der Waals surface area contributed by atoms with Crippen LogP contribution >= 0.6 is 0 Å². The van der Waals surface area contributed by atoms with Crippen molar-refractivity contribution in [3.05, 3.63) is 0 Å². The van der Waals surface area contributed by atoms with Crippen molar-refractivity contribution in [2.45, 2.75) is 62.3 Å². The van der Waals surface area contributed by atoms with Crippen molar-refractivity contribution in [2.24, 2.45) is 21.7 Å². The van der Waals surface area contributed by atoms with Gasteiger partial charge in [0.2, 0.25) is 10.8 Å². The molecule has 0 aromatic heterocycles. The lowest BCUT2D eigenvalue weighted by atomic mass is 9.34. The van der Waals surface area contributed by atoms with E-state index in [0.29, 0.717) is 0 Å². The Morgan fingerprint density at radius 2 is 0.368 bits per heavy atom. The molecular formula is C14H4F24. The molecule has 0 unspecified atom stereocenters. The summed E-state index contributed by atoms with van der Waals surface area (Å²) in [6, 6.07) is 0. The molecule has 0 bridgehead atoms. The molecule has 228 valence electrons. The highest BCUT2D eigenvalue weighted by Gasteiger charge is 3.12. The molecule has 0 aromatic rings. The molecule has 0 aromatic carbocycles. The first kappa shape index (κ1) is 34.3. The average Bonchev–Trinajstić information content (AvgIpc) is 2.51. The van der Waals surface area contributed by atoms with E-state index in [4.69, 9.17) is 0 Å². The maximum absolute atomic E-state index is 13.9. The van der Waals surface area contributed by atoms with Gasteiger partial charge in [0.1, 0.15) is 0 Å². The van der Waals surface area contributed by atoms with Gasteiger partial charge < -0.3 is 0 Å². The van der Waals surface area contributed by atoms with Gasteiger partial charge in [0.15, 0.2) is 10.8 Å². The monoisotopic (exact) mass is 628 g/mol. The highest BCUT2D eigenvalue weighted by Crippen LogP contribution is 2.90. The Morgan fingerprint density at radius 1 is 0.237 bits per heavy atom. The zero-order valence-corrected chi connectivity index (χ0v) is 16.5. The van der Waals surface area contributed by atoms with E-state index in [0.717, 1.165) is 0 Å². The fourth-order valence-corrected chi connectivity index (χ4v) is 5.27. The molecule has 1 saturated carbocycles. The van der Waals surface area contributed by atoms with E-state index in [1.165, 1.54) is 0 Å². The van der Waals surface area contributed by atoms with Gasteiger partial charge >= 0.3 is 49.4 Å². The lowest BCUT2D eigenvalue weighted by Crippen LogP contribution is -2.89. The summed E-state index contributed by atoms with van der Waals surface area (Å²) >= 11 is 0. The van der Waals surface area contributed by atoms with Crippen LogP contribution < -0.4 is 0 Å². The van der Waals surface area contributed by atoms with E-state index < -0.39 is 83.9 Å².